The Balaban J connectivity index is 1.87. The van der Waals surface area contributed by atoms with Crippen LogP contribution in [0.1, 0.15) is 30.0 Å². The minimum atomic E-state index is -0.788. The van der Waals surface area contributed by atoms with Crippen LogP contribution in [0.3, 0.4) is 0 Å². The van der Waals surface area contributed by atoms with Crippen LogP contribution in [0, 0.1) is 0 Å². The van der Waals surface area contributed by atoms with Crippen molar-refractivity contribution in [3.63, 3.8) is 0 Å². The molecule has 2 saturated heterocycles. The molecule has 2 aromatic carbocycles. The van der Waals surface area contributed by atoms with Crippen LogP contribution in [0.2, 0.25) is 5.02 Å². The Morgan fingerprint density at radius 3 is 2.73 bits per heavy atom. The molecule has 2 aromatic rings. The molecule has 2 unspecified atom stereocenters. The lowest BCUT2D eigenvalue weighted by Crippen LogP contribution is -2.36. The average Bonchev–Trinajstić information content (AvgIpc) is 3.35. The number of amides is 1. The molecule has 0 bridgehead atoms. The Kier molecular flexibility index (Phi) is 5.79. The van der Waals surface area contributed by atoms with Crippen molar-refractivity contribution in [1.82, 2.24) is 4.90 Å². The first-order valence-electron chi connectivity index (χ1n) is 9.80. The van der Waals surface area contributed by atoms with Crippen LogP contribution < -0.4 is 4.74 Å². The van der Waals surface area contributed by atoms with Crippen LogP contribution in [0.15, 0.2) is 54.1 Å². The summed E-state index contributed by atoms with van der Waals surface area (Å²) in [4.78, 5) is 27.5. The van der Waals surface area contributed by atoms with E-state index in [1.165, 1.54) is 12.0 Å². The molecule has 4 rings (SSSR count). The van der Waals surface area contributed by atoms with E-state index in [1.807, 2.05) is 12.1 Å². The van der Waals surface area contributed by atoms with Gasteiger partial charge in [0.15, 0.2) is 0 Å². The van der Waals surface area contributed by atoms with E-state index in [-0.39, 0.29) is 24.0 Å². The van der Waals surface area contributed by atoms with Gasteiger partial charge < -0.3 is 19.5 Å². The topological polar surface area (TPSA) is 76.1 Å². The minimum absolute atomic E-state index is 0.0183. The molecule has 0 aliphatic carbocycles. The third-order valence-electron chi connectivity index (χ3n) is 5.50. The molecular formula is C23H22ClNO5. The Morgan fingerprint density at radius 1 is 1.23 bits per heavy atom. The highest BCUT2D eigenvalue weighted by Gasteiger charge is 2.47. The number of likely N-dealkylation sites (tertiary alicyclic amines) is 1. The fourth-order valence-corrected chi connectivity index (χ4v) is 4.27. The smallest absolute Gasteiger partial charge is 0.295 e. The van der Waals surface area contributed by atoms with Gasteiger partial charge in [-0.3, -0.25) is 9.59 Å². The molecule has 6 nitrogen and oxygen atoms in total. The van der Waals surface area contributed by atoms with Gasteiger partial charge in [-0.1, -0.05) is 41.9 Å². The number of aliphatic hydroxyl groups is 1. The lowest BCUT2D eigenvalue weighted by Gasteiger charge is -2.28. The molecule has 0 spiro atoms. The van der Waals surface area contributed by atoms with Gasteiger partial charge in [0.2, 0.25) is 0 Å². The quantitative estimate of drug-likeness (QED) is 0.444. The van der Waals surface area contributed by atoms with Crippen LogP contribution in [0.4, 0.5) is 0 Å². The van der Waals surface area contributed by atoms with E-state index < -0.39 is 17.7 Å². The van der Waals surface area contributed by atoms with Crippen molar-refractivity contribution < 1.29 is 24.2 Å². The first kappa shape index (κ1) is 20.4. The minimum Gasteiger partial charge on any atom is -0.507 e. The second kappa shape index (κ2) is 8.50. The summed E-state index contributed by atoms with van der Waals surface area (Å²) in [5, 5.41) is 11.5. The Labute approximate surface area is 179 Å². The Bertz CT molecular complexity index is 1010. The first-order chi connectivity index (χ1) is 14.5. The standard InChI is InChI=1S/C23H22ClNO5/c1-29-18-10-3-2-9-17(18)20-19(21(26)14-6-4-7-15(24)12-14)22(27)23(28)25(20)13-16-8-5-11-30-16/h2-4,6-7,9-10,12,16,20,26H,5,8,11,13H2,1H3/b21-19-. The van der Waals surface area contributed by atoms with Gasteiger partial charge in [-0.2, -0.15) is 0 Å². The number of nitrogens with zero attached hydrogens (tertiary/aromatic N) is 1. The molecule has 30 heavy (non-hydrogen) atoms. The lowest BCUT2D eigenvalue weighted by molar-refractivity contribution is -0.140. The van der Waals surface area contributed by atoms with Crippen molar-refractivity contribution in [2.75, 3.05) is 20.3 Å². The summed E-state index contributed by atoms with van der Waals surface area (Å²) < 4.78 is 11.2. The number of benzene rings is 2. The maximum absolute atomic E-state index is 13.0. The second-order valence-corrected chi connectivity index (χ2v) is 7.78. The van der Waals surface area contributed by atoms with Gasteiger partial charge in [0.05, 0.1) is 24.8 Å². The number of Topliss-reactive ketones (excluding diaryl/α,β-unsaturated/α-hetero) is 1. The third-order valence-corrected chi connectivity index (χ3v) is 5.73. The molecule has 7 heteroatoms. The SMILES string of the molecule is COc1ccccc1C1/C(=C(/O)c2cccc(Cl)c2)C(=O)C(=O)N1CC1CCCO1. The number of carbonyl (C=O) groups excluding carboxylic acids is 2. The molecule has 2 aliphatic rings. The number of ketones is 1. The molecule has 2 aliphatic heterocycles. The summed E-state index contributed by atoms with van der Waals surface area (Å²) in [5.74, 6) is -1.13. The maximum Gasteiger partial charge on any atom is 0.295 e. The number of hydrogen-bond donors (Lipinski definition) is 1. The number of carbonyl (C=O) groups is 2. The summed E-state index contributed by atoms with van der Waals surface area (Å²) in [7, 11) is 1.53. The zero-order valence-electron chi connectivity index (χ0n) is 16.5. The highest BCUT2D eigenvalue weighted by molar-refractivity contribution is 6.46. The summed E-state index contributed by atoms with van der Waals surface area (Å²) in [5.41, 5.74) is 1.02. The molecule has 1 amide bonds. The van der Waals surface area contributed by atoms with Crippen molar-refractivity contribution in [2.24, 2.45) is 0 Å². The average molecular weight is 428 g/mol. The largest absolute Gasteiger partial charge is 0.507 e. The summed E-state index contributed by atoms with van der Waals surface area (Å²) >= 11 is 6.07. The number of hydrogen-bond acceptors (Lipinski definition) is 5. The Hall–Kier alpha value is -2.83. The lowest BCUT2D eigenvalue weighted by atomic mass is 9.94. The number of ether oxygens (including phenoxy) is 2. The van der Waals surface area contributed by atoms with Crippen molar-refractivity contribution in [2.45, 2.75) is 25.0 Å². The molecule has 0 radical (unpaired) electrons. The molecule has 156 valence electrons. The molecular weight excluding hydrogens is 406 g/mol. The van der Waals surface area contributed by atoms with E-state index in [0.717, 1.165) is 12.8 Å². The molecule has 2 heterocycles. The number of rotatable bonds is 5. The van der Waals surface area contributed by atoms with E-state index in [2.05, 4.69) is 0 Å². The van der Waals surface area contributed by atoms with E-state index in [0.29, 0.717) is 28.5 Å². The predicted molar refractivity (Wildman–Crippen MR) is 112 cm³/mol. The molecule has 1 N–H and O–H groups in total. The number of methoxy groups -OCH3 is 1. The van der Waals surface area contributed by atoms with Gasteiger partial charge >= 0.3 is 0 Å². The summed E-state index contributed by atoms with van der Waals surface area (Å²) in [6.45, 7) is 0.899. The fraction of sp³-hybridized carbons (Fsp3) is 0.304. The highest BCUT2D eigenvalue weighted by Crippen LogP contribution is 2.43. The molecule has 0 saturated carbocycles. The number of para-hydroxylation sites is 1. The van der Waals surface area contributed by atoms with Gasteiger partial charge in [-0.25, -0.2) is 0 Å². The van der Waals surface area contributed by atoms with Crippen molar-refractivity contribution in [1.29, 1.82) is 0 Å². The van der Waals surface area contributed by atoms with E-state index in [9.17, 15) is 14.7 Å². The Morgan fingerprint density at radius 2 is 2.03 bits per heavy atom. The van der Waals surface area contributed by atoms with Gasteiger partial charge in [0.25, 0.3) is 11.7 Å². The van der Waals surface area contributed by atoms with E-state index in [4.69, 9.17) is 21.1 Å². The number of aliphatic hydroxyl groups excluding tert-OH is 1. The number of halogens is 1. The first-order valence-corrected chi connectivity index (χ1v) is 10.2. The van der Waals surface area contributed by atoms with Gasteiger partial charge in [-0.05, 0) is 31.0 Å². The van der Waals surface area contributed by atoms with Crippen LogP contribution in [-0.4, -0.2) is 48.1 Å². The van der Waals surface area contributed by atoms with Crippen LogP contribution >= 0.6 is 11.6 Å². The zero-order valence-corrected chi connectivity index (χ0v) is 17.3. The fourth-order valence-electron chi connectivity index (χ4n) is 4.08. The van der Waals surface area contributed by atoms with Crippen molar-refractivity contribution in [3.05, 3.63) is 70.3 Å². The molecule has 0 aromatic heterocycles. The van der Waals surface area contributed by atoms with E-state index in [1.54, 1.807) is 36.4 Å². The van der Waals surface area contributed by atoms with Crippen molar-refractivity contribution >= 4 is 29.1 Å². The summed E-state index contributed by atoms with van der Waals surface area (Å²) in [6, 6.07) is 12.9. The highest BCUT2D eigenvalue weighted by atomic mass is 35.5. The van der Waals surface area contributed by atoms with Crippen molar-refractivity contribution in [3.8, 4) is 5.75 Å². The zero-order chi connectivity index (χ0) is 21.3. The van der Waals surface area contributed by atoms with Gasteiger partial charge in [0.1, 0.15) is 11.5 Å². The van der Waals surface area contributed by atoms with Crippen LogP contribution in [-0.2, 0) is 14.3 Å². The van der Waals surface area contributed by atoms with Gasteiger partial charge in [0, 0.05) is 29.3 Å². The van der Waals surface area contributed by atoms with Gasteiger partial charge in [-0.15, -0.1) is 0 Å². The normalized spacial score (nSPS) is 23.2. The monoisotopic (exact) mass is 427 g/mol. The third kappa shape index (κ3) is 3.68. The molecule has 2 atom stereocenters. The summed E-state index contributed by atoms with van der Waals surface area (Å²) in [6.07, 6.45) is 1.58. The van der Waals surface area contributed by atoms with Crippen LogP contribution in [0.25, 0.3) is 5.76 Å². The second-order valence-electron chi connectivity index (χ2n) is 7.34. The van der Waals surface area contributed by atoms with E-state index >= 15 is 0 Å². The maximum atomic E-state index is 13.0. The van der Waals surface area contributed by atoms with Crippen LogP contribution in [0.5, 0.6) is 5.75 Å². The predicted octanol–water partition coefficient (Wildman–Crippen LogP) is 3.95. The molecule has 2 fully saturated rings.